The largest absolute Gasteiger partial charge is 0.341 e. The monoisotopic (exact) mass is 181 g/mol. The van der Waals surface area contributed by atoms with Crippen LogP contribution in [-0.2, 0) is 4.79 Å². The van der Waals surface area contributed by atoms with Gasteiger partial charge in [0.2, 0.25) is 5.91 Å². The number of unbranched alkanes of at least 4 members (excludes halogenated alkanes) is 2. The van der Waals surface area contributed by atoms with E-state index >= 15 is 0 Å². The van der Waals surface area contributed by atoms with E-state index < -0.39 is 0 Å². The van der Waals surface area contributed by atoms with E-state index in [4.69, 9.17) is 11.0 Å². The Balaban J connectivity index is 2.15. The van der Waals surface area contributed by atoms with Gasteiger partial charge < -0.3 is 10.6 Å². The molecule has 0 bridgehead atoms. The SMILES string of the molecule is N#CCCCCN1CC(N)CC1=O. The van der Waals surface area contributed by atoms with E-state index in [0.29, 0.717) is 19.4 Å². The minimum absolute atomic E-state index is 0.0171. The number of rotatable bonds is 4. The van der Waals surface area contributed by atoms with Crippen LogP contribution in [0.5, 0.6) is 0 Å². The quantitative estimate of drug-likeness (QED) is 0.631. The molecule has 72 valence electrons. The van der Waals surface area contributed by atoms with Crippen LogP contribution in [0.15, 0.2) is 0 Å². The fourth-order valence-corrected chi connectivity index (χ4v) is 1.53. The maximum absolute atomic E-state index is 11.2. The first-order valence-electron chi connectivity index (χ1n) is 4.64. The minimum atomic E-state index is 0.0171. The zero-order valence-corrected chi connectivity index (χ0v) is 7.70. The van der Waals surface area contributed by atoms with Crippen molar-refractivity contribution in [2.45, 2.75) is 31.7 Å². The van der Waals surface area contributed by atoms with Crippen LogP contribution in [0.3, 0.4) is 0 Å². The van der Waals surface area contributed by atoms with Gasteiger partial charge >= 0.3 is 0 Å². The molecule has 1 aliphatic rings. The summed E-state index contributed by atoms with van der Waals surface area (Å²) in [5.41, 5.74) is 5.63. The topological polar surface area (TPSA) is 70.1 Å². The number of hydrogen-bond donors (Lipinski definition) is 1. The second kappa shape index (κ2) is 4.83. The molecule has 1 unspecified atom stereocenters. The lowest BCUT2D eigenvalue weighted by Crippen LogP contribution is -2.29. The third-order valence-corrected chi connectivity index (χ3v) is 2.21. The predicted octanol–water partition coefficient (Wildman–Crippen LogP) is 0.240. The molecule has 0 aromatic heterocycles. The Morgan fingerprint density at radius 2 is 2.38 bits per heavy atom. The first kappa shape index (κ1) is 10.0. The van der Waals surface area contributed by atoms with Crippen LogP contribution >= 0.6 is 0 Å². The molecule has 0 spiro atoms. The van der Waals surface area contributed by atoms with Gasteiger partial charge in [0, 0.05) is 32.0 Å². The van der Waals surface area contributed by atoms with Crippen molar-refractivity contribution in [2.24, 2.45) is 5.73 Å². The van der Waals surface area contributed by atoms with Gasteiger partial charge in [-0.05, 0) is 12.8 Å². The average molecular weight is 181 g/mol. The van der Waals surface area contributed by atoms with E-state index in [1.54, 1.807) is 4.90 Å². The summed E-state index contributed by atoms with van der Waals surface area (Å²) in [5, 5.41) is 8.30. The van der Waals surface area contributed by atoms with Crippen LogP contribution < -0.4 is 5.73 Å². The highest BCUT2D eigenvalue weighted by molar-refractivity contribution is 5.79. The molecule has 0 radical (unpaired) electrons. The van der Waals surface area contributed by atoms with Gasteiger partial charge in [0.1, 0.15) is 0 Å². The van der Waals surface area contributed by atoms with Crippen molar-refractivity contribution in [3.8, 4) is 6.07 Å². The van der Waals surface area contributed by atoms with E-state index in [2.05, 4.69) is 6.07 Å². The number of nitriles is 1. The zero-order chi connectivity index (χ0) is 9.68. The summed E-state index contributed by atoms with van der Waals surface area (Å²) in [6, 6.07) is 2.10. The van der Waals surface area contributed by atoms with Crippen LogP contribution in [0.2, 0.25) is 0 Å². The van der Waals surface area contributed by atoms with Crippen LogP contribution in [0.25, 0.3) is 0 Å². The average Bonchev–Trinajstić information content (AvgIpc) is 2.39. The summed E-state index contributed by atoms with van der Waals surface area (Å²) in [6.07, 6.45) is 2.84. The Kier molecular flexibility index (Phi) is 3.71. The van der Waals surface area contributed by atoms with E-state index in [1.165, 1.54) is 0 Å². The molecule has 0 aromatic rings. The van der Waals surface area contributed by atoms with Gasteiger partial charge in [-0.3, -0.25) is 4.79 Å². The summed E-state index contributed by atoms with van der Waals surface area (Å²) in [5.74, 6) is 0.157. The van der Waals surface area contributed by atoms with Crippen LogP contribution in [0.4, 0.5) is 0 Å². The molecule has 4 heteroatoms. The summed E-state index contributed by atoms with van der Waals surface area (Å²) in [4.78, 5) is 13.0. The second-order valence-electron chi connectivity index (χ2n) is 3.42. The molecule has 1 saturated heterocycles. The van der Waals surface area contributed by atoms with Crippen LogP contribution in [0, 0.1) is 11.3 Å². The smallest absolute Gasteiger partial charge is 0.224 e. The molecule has 1 heterocycles. The fourth-order valence-electron chi connectivity index (χ4n) is 1.53. The van der Waals surface area contributed by atoms with Gasteiger partial charge in [0.05, 0.1) is 6.07 Å². The number of amides is 1. The Bertz CT molecular complexity index is 221. The molecular formula is C9H15N3O. The highest BCUT2D eigenvalue weighted by atomic mass is 16.2. The van der Waals surface area contributed by atoms with E-state index in [9.17, 15) is 4.79 Å². The normalized spacial score (nSPS) is 22.0. The number of carbonyl (C=O) groups excluding carboxylic acids is 1. The lowest BCUT2D eigenvalue weighted by Gasteiger charge is -2.14. The van der Waals surface area contributed by atoms with Gasteiger partial charge in [-0.25, -0.2) is 0 Å². The van der Waals surface area contributed by atoms with Crippen molar-refractivity contribution in [3.05, 3.63) is 0 Å². The number of nitrogens with two attached hydrogens (primary N) is 1. The van der Waals surface area contributed by atoms with E-state index in [0.717, 1.165) is 19.4 Å². The lowest BCUT2D eigenvalue weighted by molar-refractivity contribution is -0.127. The molecule has 1 fully saturated rings. The molecule has 2 N–H and O–H groups in total. The highest BCUT2D eigenvalue weighted by Gasteiger charge is 2.25. The molecule has 1 amide bonds. The molecule has 4 nitrogen and oxygen atoms in total. The van der Waals surface area contributed by atoms with Gasteiger partial charge in [-0.2, -0.15) is 5.26 Å². The van der Waals surface area contributed by atoms with Gasteiger partial charge in [-0.15, -0.1) is 0 Å². The van der Waals surface area contributed by atoms with Crippen molar-refractivity contribution in [1.82, 2.24) is 4.90 Å². The zero-order valence-electron chi connectivity index (χ0n) is 7.70. The highest BCUT2D eigenvalue weighted by Crippen LogP contribution is 2.10. The minimum Gasteiger partial charge on any atom is -0.341 e. The predicted molar refractivity (Wildman–Crippen MR) is 48.6 cm³/mol. The van der Waals surface area contributed by atoms with Gasteiger partial charge in [-0.1, -0.05) is 0 Å². The fraction of sp³-hybridized carbons (Fsp3) is 0.778. The standard InChI is InChI=1S/C9H15N3O/c10-4-2-1-3-5-12-7-8(11)6-9(12)13/h8H,1-3,5-7,11H2. The molecular weight excluding hydrogens is 166 g/mol. The number of likely N-dealkylation sites (tertiary alicyclic amines) is 1. The third-order valence-electron chi connectivity index (χ3n) is 2.21. The molecule has 1 rings (SSSR count). The molecule has 1 aliphatic heterocycles. The Morgan fingerprint density at radius 1 is 1.62 bits per heavy atom. The molecule has 13 heavy (non-hydrogen) atoms. The van der Waals surface area contributed by atoms with Crippen molar-refractivity contribution < 1.29 is 4.79 Å². The maximum Gasteiger partial charge on any atom is 0.224 e. The van der Waals surface area contributed by atoms with Crippen molar-refractivity contribution >= 4 is 5.91 Å². The van der Waals surface area contributed by atoms with Crippen molar-refractivity contribution in [2.75, 3.05) is 13.1 Å². The summed E-state index contributed by atoms with van der Waals surface area (Å²) >= 11 is 0. The Labute approximate surface area is 78.3 Å². The summed E-state index contributed by atoms with van der Waals surface area (Å²) in [6.45, 7) is 1.44. The lowest BCUT2D eigenvalue weighted by atomic mass is 10.2. The number of carbonyl (C=O) groups is 1. The Morgan fingerprint density at radius 3 is 2.92 bits per heavy atom. The van der Waals surface area contributed by atoms with E-state index in [-0.39, 0.29) is 11.9 Å². The van der Waals surface area contributed by atoms with E-state index in [1.807, 2.05) is 0 Å². The molecule has 0 aliphatic carbocycles. The first-order valence-corrected chi connectivity index (χ1v) is 4.64. The van der Waals surface area contributed by atoms with Crippen LogP contribution in [0.1, 0.15) is 25.7 Å². The second-order valence-corrected chi connectivity index (χ2v) is 3.42. The number of nitrogens with zero attached hydrogens (tertiary/aromatic N) is 2. The molecule has 1 atom stereocenters. The molecule has 0 aromatic carbocycles. The van der Waals surface area contributed by atoms with Crippen molar-refractivity contribution in [1.29, 1.82) is 5.26 Å². The molecule has 0 saturated carbocycles. The number of hydrogen-bond acceptors (Lipinski definition) is 3. The first-order chi connectivity index (χ1) is 6.24. The Hall–Kier alpha value is -1.08. The summed E-state index contributed by atoms with van der Waals surface area (Å²) < 4.78 is 0. The van der Waals surface area contributed by atoms with Crippen LogP contribution in [-0.4, -0.2) is 29.9 Å². The van der Waals surface area contributed by atoms with Gasteiger partial charge in [0.25, 0.3) is 0 Å². The van der Waals surface area contributed by atoms with Gasteiger partial charge in [0.15, 0.2) is 0 Å². The maximum atomic E-state index is 11.2. The third kappa shape index (κ3) is 3.03. The summed E-state index contributed by atoms with van der Waals surface area (Å²) in [7, 11) is 0. The van der Waals surface area contributed by atoms with Crippen molar-refractivity contribution in [3.63, 3.8) is 0 Å².